The maximum absolute atomic E-state index is 14.1. The van der Waals surface area contributed by atoms with Crippen molar-refractivity contribution < 1.29 is 13.6 Å². The number of hydrogen-bond donors (Lipinski definition) is 0. The predicted molar refractivity (Wildman–Crippen MR) is 101 cm³/mol. The van der Waals surface area contributed by atoms with E-state index in [-0.39, 0.29) is 5.91 Å². The lowest BCUT2D eigenvalue weighted by Crippen LogP contribution is -2.36. The minimum atomic E-state index is -0.680. The van der Waals surface area contributed by atoms with Crippen molar-refractivity contribution in [3.05, 3.63) is 83.1 Å². The number of carbonyl (C=O) groups is 1. The van der Waals surface area contributed by atoms with Crippen LogP contribution in [0.2, 0.25) is 0 Å². The van der Waals surface area contributed by atoms with E-state index in [4.69, 9.17) is 0 Å². The minimum Gasteiger partial charge on any atom is -0.308 e. The highest BCUT2D eigenvalue weighted by atomic mass is 19.1. The van der Waals surface area contributed by atoms with Crippen LogP contribution in [0.5, 0.6) is 0 Å². The number of amides is 1. The third-order valence-electron chi connectivity index (χ3n) is 4.87. The van der Waals surface area contributed by atoms with Gasteiger partial charge in [0.05, 0.1) is 22.6 Å². The Morgan fingerprint density at radius 3 is 2.59 bits per heavy atom. The van der Waals surface area contributed by atoms with Crippen LogP contribution in [-0.4, -0.2) is 17.4 Å². The van der Waals surface area contributed by atoms with Crippen molar-refractivity contribution >= 4 is 11.6 Å². The van der Waals surface area contributed by atoms with Gasteiger partial charge in [-0.2, -0.15) is 0 Å². The van der Waals surface area contributed by atoms with Crippen LogP contribution in [0.25, 0.3) is 11.3 Å². The van der Waals surface area contributed by atoms with Crippen molar-refractivity contribution in [1.82, 2.24) is 4.98 Å². The van der Waals surface area contributed by atoms with Gasteiger partial charge in [-0.3, -0.25) is 9.78 Å². The van der Waals surface area contributed by atoms with E-state index < -0.39 is 11.6 Å². The lowest BCUT2D eigenvalue weighted by atomic mass is 9.99. The predicted octanol–water partition coefficient (Wildman–Crippen LogP) is 4.93. The average Bonchev–Trinajstić information content (AvgIpc) is 2.67. The van der Waals surface area contributed by atoms with Crippen molar-refractivity contribution in [3.63, 3.8) is 0 Å². The molecule has 0 spiro atoms. The van der Waals surface area contributed by atoms with E-state index in [2.05, 4.69) is 4.98 Å². The second-order valence-corrected chi connectivity index (χ2v) is 6.64. The molecule has 1 aliphatic heterocycles. The Balaban J connectivity index is 1.71. The summed E-state index contributed by atoms with van der Waals surface area (Å²) in [6.07, 6.45) is 1.13. The van der Waals surface area contributed by atoms with Gasteiger partial charge in [-0.05, 0) is 38.0 Å². The summed E-state index contributed by atoms with van der Waals surface area (Å²) in [5.74, 6) is -1.57. The molecule has 0 saturated heterocycles. The molecular weight excluding hydrogens is 346 g/mol. The first-order valence-electron chi connectivity index (χ1n) is 8.87. The monoisotopic (exact) mass is 364 g/mol. The zero-order valence-electron chi connectivity index (χ0n) is 14.9. The average molecular weight is 364 g/mol. The second-order valence-electron chi connectivity index (χ2n) is 6.64. The van der Waals surface area contributed by atoms with Crippen LogP contribution >= 0.6 is 0 Å². The molecule has 5 heteroatoms. The van der Waals surface area contributed by atoms with Crippen molar-refractivity contribution in [2.24, 2.45) is 0 Å². The van der Waals surface area contributed by atoms with Crippen LogP contribution < -0.4 is 4.90 Å². The van der Waals surface area contributed by atoms with Gasteiger partial charge in [-0.1, -0.05) is 30.3 Å². The summed E-state index contributed by atoms with van der Waals surface area (Å²) in [5.41, 5.74) is 3.48. The van der Waals surface area contributed by atoms with Crippen LogP contribution in [0.15, 0.2) is 54.6 Å². The molecule has 27 heavy (non-hydrogen) atoms. The Hall–Kier alpha value is -3.08. The molecule has 0 fully saturated rings. The van der Waals surface area contributed by atoms with Crippen LogP contribution in [-0.2, 0) is 6.42 Å². The number of fused-ring (bicyclic) bond motifs is 1. The summed E-state index contributed by atoms with van der Waals surface area (Å²) < 4.78 is 27.8. The number of benzene rings is 2. The van der Waals surface area contributed by atoms with E-state index in [1.165, 1.54) is 11.0 Å². The van der Waals surface area contributed by atoms with E-state index in [1.54, 1.807) is 19.1 Å². The van der Waals surface area contributed by atoms with Gasteiger partial charge >= 0.3 is 0 Å². The maximum Gasteiger partial charge on any atom is 0.260 e. The quantitative estimate of drug-likeness (QED) is 0.646. The molecule has 0 aliphatic carbocycles. The first-order valence-corrected chi connectivity index (χ1v) is 8.87. The molecule has 0 N–H and O–H groups in total. The van der Waals surface area contributed by atoms with E-state index in [0.717, 1.165) is 17.3 Å². The molecule has 2 aromatic carbocycles. The first-order chi connectivity index (χ1) is 13.0. The molecular formula is C22H18F2N2O. The van der Waals surface area contributed by atoms with E-state index in [9.17, 15) is 13.6 Å². The Morgan fingerprint density at radius 1 is 1.07 bits per heavy atom. The summed E-state index contributed by atoms with van der Waals surface area (Å²) in [6.45, 7) is 2.20. The SMILES string of the molecule is Cc1nc(-c2ccccc2)ccc1C(=O)N1CCCc2c(F)cc(F)cc21. The number of halogens is 2. The van der Waals surface area contributed by atoms with E-state index >= 15 is 0 Å². The Bertz CT molecular complexity index is 1020. The summed E-state index contributed by atoms with van der Waals surface area (Å²) in [5, 5.41) is 0. The molecule has 3 aromatic rings. The lowest BCUT2D eigenvalue weighted by molar-refractivity contribution is 0.0984. The van der Waals surface area contributed by atoms with Gasteiger partial charge in [0.25, 0.3) is 5.91 Å². The van der Waals surface area contributed by atoms with Crippen LogP contribution in [0.1, 0.15) is 28.0 Å². The molecule has 0 saturated carbocycles. The molecule has 1 aliphatic rings. The number of pyridine rings is 1. The second kappa shape index (κ2) is 6.91. The highest BCUT2D eigenvalue weighted by molar-refractivity contribution is 6.07. The molecule has 1 aromatic heterocycles. The first kappa shape index (κ1) is 17.3. The largest absolute Gasteiger partial charge is 0.308 e. The molecule has 4 rings (SSSR count). The lowest BCUT2D eigenvalue weighted by Gasteiger charge is -2.30. The fraction of sp³-hybridized carbons (Fsp3) is 0.182. The smallest absolute Gasteiger partial charge is 0.260 e. The van der Waals surface area contributed by atoms with E-state index in [0.29, 0.717) is 41.9 Å². The highest BCUT2D eigenvalue weighted by Gasteiger charge is 2.27. The van der Waals surface area contributed by atoms with Crippen molar-refractivity contribution in [1.29, 1.82) is 0 Å². The summed E-state index contributed by atoms with van der Waals surface area (Å²) >= 11 is 0. The fourth-order valence-corrected chi connectivity index (χ4v) is 3.53. The minimum absolute atomic E-state index is 0.287. The molecule has 0 radical (unpaired) electrons. The number of aromatic nitrogens is 1. The molecule has 3 nitrogen and oxygen atoms in total. The number of nitrogens with zero attached hydrogens (tertiary/aromatic N) is 2. The van der Waals surface area contributed by atoms with Crippen LogP contribution in [0.3, 0.4) is 0 Å². The normalized spacial score (nSPS) is 13.4. The van der Waals surface area contributed by atoms with Crippen molar-refractivity contribution in [3.8, 4) is 11.3 Å². The maximum atomic E-state index is 14.1. The van der Waals surface area contributed by atoms with Crippen molar-refractivity contribution in [2.45, 2.75) is 19.8 Å². The summed E-state index contributed by atoms with van der Waals surface area (Å²) in [7, 11) is 0. The van der Waals surface area contributed by atoms with E-state index in [1.807, 2.05) is 30.3 Å². The number of aryl methyl sites for hydroxylation is 1. The standard InChI is InChI=1S/C22H18F2N2O/c1-14-17(9-10-20(25-14)15-6-3-2-4-7-15)22(27)26-11-5-8-18-19(24)12-16(23)13-21(18)26/h2-4,6-7,9-10,12-13H,5,8,11H2,1H3. The molecule has 0 bridgehead atoms. The zero-order chi connectivity index (χ0) is 19.0. The summed E-state index contributed by atoms with van der Waals surface area (Å²) in [4.78, 5) is 19.1. The molecule has 0 unspecified atom stereocenters. The Kier molecular flexibility index (Phi) is 4.44. The van der Waals surface area contributed by atoms with Crippen LogP contribution in [0, 0.1) is 18.6 Å². The fourth-order valence-electron chi connectivity index (χ4n) is 3.53. The third-order valence-corrected chi connectivity index (χ3v) is 4.87. The summed E-state index contributed by atoms with van der Waals surface area (Å²) in [6, 6.07) is 15.3. The molecule has 2 heterocycles. The number of anilines is 1. The number of hydrogen-bond acceptors (Lipinski definition) is 2. The van der Waals surface area contributed by atoms with Crippen LogP contribution in [0.4, 0.5) is 14.5 Å². The third kappa shape index (κ3) is 3.21. The number of carbonyl (C=O) groups excluding carboxylic acids is 1. The molecule has 136 valence electrons. The van der Waals surface area contributed by atoms with Gasteiger partial charge in [0.1, 0.15) is 11.6 Å². The topological polar surface area (TPSA) is 33.2 Å². The molecule has 0 atom stereocenters. The highest BCUT2D eigenvalue weighted by Crippen LogP contribution is 2.32. The van der Waals surface area contributed by atoms with Gasteiger partial charge in [0.15, 0.2) is 0 Å². The molecule has 1 amide bonds. The van der Waals surface area contributed by atoms with Gasteiger partial charge in [0, 0.05) is 23.7 Å². The van der Waals surface area contributed by atoms with Crippen molar-refractivity contribution in [2.75, 3.05) is 11.4 Å². The Labute approximate surface area is 156 Å². The van der Waals surface area contributed by atoms with Gasteiger partial charge in [-0.25, -0.2) is 8.78 Å². The van der Waals surface area contributed by atoms with Gasteiger partial charge < -0.3 is 4.90 Å². The Morgan fingerprint density at radius 2 is 1.85 bits per heavy atom. The van der Waals surface area contributed by atoms with Gasteiger partial charge in [0.2, 0.25) is 0 Å². The zero-order valence-corrected chi connectivity index (χ0v) is 14.9. The number of rotatable bonds is 2. The van der Waals surface area contributed by atoms with Gasteiger partial charge in [-0.15, -0.1) is 0 Å².